The predicted molar refractivity (Wildman–Crippen MR) is 76.5 cm³/mol. The summed E-state index contributed by atoms with van der Waals surface area (Å²) < 4.78 is 26.8. The molecular weight excluding hydrogens is 298 g/mol. The van der Waals surface area contributed by atoms with Crippen molar-refractivity contribution in [2.75, 3.05) is 12.3 Å². The second-order valence-corrected chi connectivity index (χ2v) is 6.14. The van der Waals surface area contributed by atoms with Gasteiger partial charge in [0.2, 0.25) is 11.8 Å². The van der Waals surface area contributed by atoms with Crippen molar-refractivity contribution in [2.24, 2.45) is 0 Å². The van der Waals surface area contributed by atoms with Crippen LogP contribution in [0, 0.1) is 11.6 Å². The third-order valence-corrected chi connectivity index (χ3v) is 4.20. The van der Waals surface area contributed by atoms with E-state index in [-0.39, 0.29) is 35.7 Å². The molecule has 2 amide bonds. The molecule has 0 radical (unpaired) electrons. The lowest BCUT2D eigenvalue weighted by atomic mass is 10.2. The molecule has 1 fully saturated rings. The molecule has 114 valence electrons. The molecule has 1 atom stereocenters. The van der Waals surface area contributed by atoms with Gasteiger partial charge in [-0.3, -0.25) is 9.59 Å². The molecule has 0 spiro atoms. The lowest BCUT2D eigenvalue weighted by Gasteiger charge is -2.24. The number of nitrogens with one attached hydrogen (secondary N) is 1. The van der Waals surface area contributed by atoms with Gasteiger partial charge >= 0.3 is 0 Å². The highest BCUT2D eigenvalue weighted by molar-refractivity contribution is 8.00. The number of carbonyl (C=O) groups excluding carboxylic acids is 2. The van der Waals surface area contributed by atoms with Gasteiger partial charge in [0.1, 0.15) is 23.6 Å². The number of halogens is 2. The van der Waals surface area contributed by atoms with E-state index in [9.17, 15) is 18.4 Å². The third kappa shape index (κ3) is 3.72. The van der Waals surface area contributed by atoms with E-state index in [1.165, 1.54) is 22.7 Å². The van der Waals surface area contributed by atoms with Crippen LogP contribution in [0.3, 0.4) is 0 Å². The van der Waals surface area contributed by atoms with Crippen molar-refractivity contribution in [1.82, 2.24) is 10.2 Å². The standard InChI is InChI=1S/C14H16F2N2O2S/c1-8(2)17-12(19)6-18-13(20)7-21-14(18)10-4-3-9(15)5-11(10)16/h3-5,8,14H,6-7H2,1-2H3,(H,17,19). The van der Waals surface area contributed by atoms with Crippen molar-refractivity contribution in [2.45, 2.75) is 25.3 Å². The second-order valence-electron chi connectivity index (χ2n) is 5.07. The molecule has 21 heavy (non-hydrogen) atoms. The Morgan fingerprint density at radius 3 is 2.81 bits per heavy atom. The molecule has 1 aromatic rings. The van der Waals surface area contributed by atoms with E-state index in [0.29, 0.717) is 0 Å². The molecule has 0 bridgehead atoms. The van der Waals surface area contributed by atoms with Crippen LogP contribution in [-0.2, 0) is 9.59 Å². The predicted octanol–water partition coefficient (Wildman–Crippen LogP) is 2.06. The van der Waals surface area contributed by atoms with E-state index in [1.54, 1.807) is 0 Å². The van der Waals surface area contributed by atoms with Crippen molar-refractivity contribution < 1.29 is 18.4 Å². The Bertz CT molecular complexity index is 566. The largest absolute Gasteiger partial charge is 0.352 e. The molecule has 4 nitrogen and oxygen atoms in total. The van der Waals surface area contributed by atoms with Crippen LogP contribution in [0.2, 0.25) is 0 Å². The number of hydrogen-bond acceptors (Lipinski definition) is 3. The molecule has 1 aromatic carbocycles. The van der Waals surface area contributed by atoms with Crippen molar-refractivity contribution in [3.05, 3.63) is 35.4 Å². The zero-order valence-corrected chi connectivity index (χ0v) is 12.5. The van der Waals surface area contributed by atoms with Crippen LogP contribution in [0.4, 0.5) is 8.78 Å². The number of carbonyl (C=O) groups is 2. The molecule has 1 aliphatic heterocycles. The Hall–Kier alpha value is -1.63. The second kappa shape index (κ2) is 6.43. The summed E-state index contributed by atoms with van der Waals surface area (Å²) in [6.07, 6.45) is 0. The lowest BCUT2D eigenvalue weighted by Crippen LogP contribution is -2.41. The number of thioether (sulfide) groups is 1. The molecule has 0 saturated carbocycles. The van der Waals surface area contributed by atoms with Gasteiger partial charge in [0.15, 0.2) is 0 Å². The quantitative estimate of drug-likeness (QED) is 0.925. The van der Waals surface area contributed by atoms with Crippen LogP contribution in [-0.4, -0.2) is 35.1 Å². The SMILES string of the molecule is CC(C)NC(=O)CN1C(=O)CSC1c1ccc(F)cc1F. The van der Waals surface area contributed by atoms with Gasteiger partial charge in [0.25, 0.3) is 0 Å². The maximum Gasteiger partial charge on any atom is 0.239 e. The van der Waals surface area contributed by atoms with E-state index in [2.05, 4.69) is 5.32 Å². The van der Waals surface area contributed by atoms with E-state index < -0.39 is 17.0 Å². The van der Waals surface area contributed by atoms with Gasteiger partial charge in [0, 0.05) is 17.7 Å². The highest BCUT2D eigenvalue weighted by atomic mass is 32.2. The molecule has 1 aliphatic rings. The summed E-state index contributed by atoms with van der Waals surface area (Å²) in [5.74, 6) is -1.73. The first-order chi connectivity index (χ1) is 9.88. The van der Waals surface area contributed by atoms with E-state index in [0.717, 1.165) is 12.1 Å². The molecule has 1 heterocycles. The molecule has 1 unspecified atom stereocenters. The molecular formula is C14H16F2N2O2S. The molecule has 1 saturated heterocycles. The van der Waals surface area contributed by atoms with Gasteiger partial charge in [-0.1, -0.05) is 6.07 Å². The number of benzene rings is 1. The summed E-state index contributed by atoms with van der Waals surface area (Å²) in [5, 5.41) is 2.09. The first-order valence-corrected chi connectivity index (χ1v) is 7.58. The summed E-state index contributed by atoms with van der Waals surface area (Å²) in [7, 11) is 0. The van der Waals surface area contributed by atoms with Gasteiger partial charge in [-0.15, -0.1) is 11.8 Å². The Balaban J connectivity index is 2.18. The molecule has 1 N–H and O–H groups in total. The monoisotopic (exact) mass is 314 g/mol. The van der Waals surface area contributed by atoms with E-state index in [4.69, 9.17) is 0 Å². The van der Waals surface area contributed by atoms with Crippen molar-refractivity contribution in [1.29, 1.82) is 0 Å². The Kier molecular flexibility index (Phi) is 4.82. The molecule has 7 heteroatoms. The highest BCUT2D eigenvalue weighted by Gasteiger charge is 2.35. The minimum Gasteiger partial charge on any atom is -0.352 e. The zero-order chi connectivity index (χ0) is 15.6. The van der Waals surface area contributed by atoms with Gasteiger partial charge in [0.05, 0.1) is 5.75 Å². The fraction of sp³-hybridized carbons (Fsp3) is 0.429. The number of hydrogen-bond donors (Lipinski definition) is 1. The van der Waals surface area contributed by atoms with Crippen molar-refractivity contribution in [3.8, 4) is 0 Å². The maximum absolute atomic E-state index is 13.9. The fourth-order valence-corrected chi connectivity index (χ4v) is 3.32. The fourth-order valence-electron chi connectivity index (χ4n) is 2.11. The first-order valence-electron chi connectivity index (χ1n) is 6.54. The highest BCUT2D eigenvalue weighted by Crippen LogP contribution is 2.39. The van der Waals surface area contributed by atoms with Crippen LogP contribution >= 0.6 is 11.8 Å². The minimum absolute atomic E-state index is 0.0381. The van der Waals surface area contributed by atoms with Crippen LogP contribution in [0.25, 0.3) is 0 Å². The van der Waals surface area contributed by atoms with Crippen LogP contribution in [0.5, 0.6) is 0 Å². The Morgan fingerprint density at radius 2 is 2.19 bits per heavy atom. The lowest BCUT2D eigenvalue weighted by molar-refractivity contribution is -0.134. The van der Waals surface area contributed by atoms with Crippen molar-refractivity contribution >= 4 is 23.6 Å². The minimum atomic E-state index is -0.712. The maximum atomic E-state index is 13.9. The molecule has 2 rings (SSSR count). The van der Waals surface area contributed by atoms with Gasteiger partial charge < -0.3 is 10.2 Å². The molecule has 0 aliphatic carbocycles. The summed E-state index contributed by atoms with van der Waals surface area (Å²) >= 11 is 1.23. The zero-order valence-electron chi connectivity index (χ0n) is 11.7. The van der Waals surface area contributed by atoms with Crippen LogP contribution in [0.1, 0.15) is 24.8 Å². The van der Waals surface area contributed by atoms with Crippen LogP contribution in [0.15, 0.2) is 18.2 Å². The van der Waals surface area contributed by atoms with Crippen LogP contribution < -0.4 is 5.32 Å². The summed E-state index contributed by atoms with van der Waals surface area (Å²) in [6, 6.07) is 3.21. The third-order valence-electron chi connectivity index (χ3n) is 2.96. The van der Waals surface area contributed by atoms with Gasteiger partial charge in [-0.25, -0.2) is 8.78 Å². The smallest absolute Gasteiger partial charge is 0.239 e. The topological polar surface area (TPSA) is 49.4 Å². The van der Waals surface area contributed by atoms with Crippen molar-refractivity contribution in [3.63, 3.8) is 0 Å². The normalized spacial score (nSPS) is 18.4. The summed E-state index contributed by atoms with van der Waals surface area (Å²) in [6.45, 7) is 3.50. The van der Waals surface area contributed by atoms with Gasteiger partial charge in [-0.2, -0.15) is 0 Å². The summed E-state index contributed by atoms with van der Waals surface area (Å²) in [5.41, 5.74) is 0.213. The van der Waals surface area contributed by atoms with E-state index in [1.807, 2.05) is 13.8 Å². The van der Waals surface area contributed by atoms with Gasteiger partial charge in [-0.05, 0) is 19.9 Å². The van der Waals surface area contributed by atoms with E-state index >= 15 is 0 Å². The number of nitrogens with zero attached hydrogens (tertiary/aromatic N) is 1. The average molecular weight is 314 g/mol. The molecule has 0 aromatic heterocycles. The summed E-state index contributed by atoms with van der Waals surface area (Å²) in [4.78, 5) is 25.0. The Labute approximate surface area is 125 Å². The average Bonchev–Trinajstić information content (AvgIpc) is 2.70. The number of amides is 2. The first kappa shape index (κ1) is 15.8. The number of rotatable bonds is 4. The Morgan fingerprint density at radius 1 is 1.48 bits per heavy atom.